The first-order valence-electron chi connectivity index (χ1n) is 8.30. The van der Waals surface area contributed by atoms with Crippen LogP contribution in [-0.2, 0) is 4.74 Å². The molecule has 2 aromatic rings. The highest BCUT2D eigenvalue weighted by Gasteiger charge is 2.24. The second-order valence-corrected chi connectivity index (χ2v) is 5.93. The first-order chi connectivity index (χ1) is 11.6. The molecule has 0 saturated carbocycles. The fourth-order valence-electron chi connectivity index (χ4n) is 2.90. The predicted octanol–water partition coefficient (Wildman–Crippen LogP) is 3.71. The molecule has 1 aromatic heterocycles. The van der Waals surface area contributed by atoms with Gasteiger partial charge in [-0.3, -0.25) is 0 Å². The third-order valence-electron chi connectivity index (χ3n) is 4.00. The molecule has 2 heterocycles. The van der Waals surface area contributed by atoms with Gasteiger partial charge in [-0.1, -0.05) is 18.2 Å². The van der Waals surface area contributed by atoms with Crippen molar-refractivity contribution in [3.8, 4) is 0 Å². The van der Waals surface area contributed by atoms with E-state index in [1.807, 2.05) is 38.1 Å². The van der Waals surface area contributed by atoms with Crippen molar-refractivity contribution < 1.29 is 9.13 Å². The van der Waals surface area contributed by atoms with Gasteiger partial charge in [0, 0.05) is 31.5 Å². The lowest BCUT2D eigenvalue weighted by atomic mass is 10.2. The molecule has 126 valence electrons. The zero-order valence-electron chi connectivity index (χ0n) is 14.1. The maximum absolute atomic E-state index is 13.2. The van der Waals surface area contributed by atoms with Crippen LogP contribution >= 0.6 is 0 Å². The topological polar surface area (TPSA) is 38.2 Å². The van der Waals surface area contributed by atoms with Crippen LogP contribution in [0.4, 0.5) is 10.2 Å². The first kappa shape index (κ1) is 16.6. The molecule has 1 aliphatic heterocycles. The fourth-order valence-corrected chi connectivity index (χ4v) is 2.90. The minimum absolute atomic E-state index is 0.248. The van der Waals surface area contributed by atoms with Crippen LogP contribution < -0.4 is 4.90 Å². The van der Waals surface area contributed by atoms with Gasteiger partial charge in [0.05, 0.1) is 6.10 Å². The molecular formula is C19H22FN3O. The molecule has 1 aliphatic rings. The molecule has 0 aliphatic carbocycles. The van der Waals surface area contributed by atoms with E-state index in [2.05, 4.69) is 14.9 Å². The molecule has 0 spiro atoms. The standard InChI is InChI=1S/C19H22FN3O/c1-3-24-17-9-10-23(13-17)19-11-14(2)21-18(22-19)8-7-15-5-4-6-16(20)12-15/h4-8,11-12,17H,3,9-10,13H2,1-2H3/b8-7+. The summed E-state index contributed by atoms with van der Waals surface area (Å²) in [6.45, 7) is 6.52. The molecule has 24 heavy (non-hydrogen) atoms. The molecule has 1 unspecified atom stereocenters. The summed E-state index contributed by atoms with van der Waals surface area (Å²) in [5.74, 6) is 1.31. The van der Waals surface area contributed by atoms with E-state index in [0.717, 1.165) is 43.2 Å². The van der Waals surface area contributed by atoms with E-state index >= 15 is 0 Å². The summed E-state index contributed by atoms with van der Waals surface area (Å²) in [6, 6.07) is 8.45. The van der Waals surface area contributed by atoms with E-state index in [4.69, 9.17) is 4.74 Å². The highest BCUT2D eigenvalue weighted by molar-refractivity contribution is 5.67. The van der Waals surface area contributed by atoms with Crippen molar-refractivity contribution >= 4 is 18.0 Å². The largest absolute Gasteiger partial charge is 0.377 e. The molecule has 1 atom stereocenters. The Bertz CT molecular complexity index is 732. The van der Waals surface area contributed by atoms with Crippen molar-refractivity contribution in [2.45, 2.75) is 26.4 Å². The minimum Gasteiger partial charge on any atom is -0.377 e. The van der Waals surface area contributed by atoms with Gasteiger partial charge in [0.2, 0.25) is 0 Å². The third kappa shape index (κ3) is 4.17. The van der Waals surface area contributed by atoms with Crippen molar-refractivity contribution in [3.63, 3.8) is 0 Å². The molecule has 0 bridgehead atoms. The van der Waals surface area contributed by atoms with Gasteiger partial charge in [0.15, 0.2) is 5.82 Å². The highest BCUT2D eigenvalue weighted by Crippen LogP contribution is 2.21. The van der Waals surface area contributed by atoms with Gasteiger partial charge in [-0.25, -0.2) is 14.4 Å². The lowest BCUT2D eigenvalue weighted by molar-refractivity contribution is 0.0787. The second kappa shape index (κ2) is 7.53. The highest BCUT2D eigenvalue weighted by atomic mass is 19.1. The number of ether oxygens (including phenoxy) is 1. The van der Waals surface area contributed by atoms with Crippen LogP contribution in [0.2, 0.25) is 0 Å². The van der Waals surface area contributed by atoms with Crippen LogP contribution in [0.3, 0.4) is 0 Å². The number of hydrogen-bond donors (Lipinski definition) is 0. The van der Waals surface area contributed by atoms with Crippen molar-refractivity contribution in [1.82, 2.24) is 9.97 Å². The number of nitrogens with zero attached hydrogens (tertiary/aromatic N) is 3. The zero-order valence-corrected chi connectivity index (χ0v) is 14.1. The molecule has 3 rings (SSSR count). The van der Waals surface area contributed by atoms with E-state index in [9.17, 15) is 4.39 Å². The van der Waals surface area contributed by atoms with Gasteiger partial charge >= 0.3 is 0 Å². The van der Waals surface area contributed by atoms with E-state index < -0.39 is 0 Å². The van der Waals surface area contributed by atoms with Gasteiger partial charge in [0.25, 0.3) is 0 Å². The van der Waals surface area contributed by atoms with Crippen LogP contribution in [0.25, 0.3) is 12.2 Å². The summed E-state index contributed by atoms with van der Waals surface area (Å²) in [7, 11) is 0. The maximum Gasteiger partial charge on any atom is 0.154 e. The lowest BCUT2D eigenvalue weighted by Gasteiger charge is -2.18. The van der Waals surface area contributed by atoms with E-state index in [1.165, 1.54) is 12.1 Å². The molecule has 1 fully saturated rings. The van der Waals surface area contributed by atoms with Gasteiger partial charge in [0.1, 0.15) is 11.6 Å². The minimum atomic E-state index is -0.248. The van der Waals surface area contributed by atoms with E-state index in [1.54, 1.807) is 6.07 Å². The van der Waals surface area contributed by atoms with Gasteiger partial charge < -0.3 is 9.64 Å². The molecule has 5 heteroatoms. The summed E-state index contributed by atoms with van der Waals surface area (Å²) in [5.41, 5.74) is 1.71. The maximum atomic E-state index is 13.2. The van der Waals surface area contributed by atoms with Crippen LogP contribution in [0.1, 0.15) is 30.4 Å². The van der Waals surface area contributed by atoms with E-state index in [-0.39, 0.29) is 11.9 Å². The Morgan fingerprint density at radius 1 is 1.29 bits per heavy atom. The van der Waals surface area contributed by atoms with Crippen molar-refractivity contribution in [3.05, 3.63) is 53.2 Å². The quantitative estimate of drug-likeness (QED) is 0.839. The van der Waals surface area contributed by atoms with Gasteiger partial charge in [-0.15, -0.1) is 0 Å². The first-order valence-corrected chi connectivity index (χ1v) is 8.30. The van der Waals surface area contributed by atoms with Gasteiger partial charge in [-0.2, -0.15) is 0 Å². The molecule has 1 aromatic carbocycles. The summed E-state index contributed by atoms with van der Waals surface area (Å²) < 4.78 is 18.9. The van der Waals surface area contributed by atoms with E-state index in [0.29, 0.717) is 5.82 Å². The third-order valence-corrected chi connectivity index (χ3v) is 4.00. The molecule has 0 amide bonds. The van der Waals surface area contributed by atoms with Crippen LogP contribution in [-0.4, -0.2) is 35.8 Å². The van der Waals surface area contributed by atoms with Crippen LogP contribution in [0, 0.1) is 12.7 Å². The summed E-state index contributed by atoms with van der Waals surface area (Å²) >= 11 is 0. The molecule has 1 saturated heterocycles. The summed E-state index contributed by atoms with van der Waals surface area (Å²) in [5, 5.41) is 0. The number of aryl methyl sites for hydroxylation is 1. The molecule has 4 nitrogen and oxygen atoms in total. The Morgan fingerprint density at radius 3 is 2.96 bits per heavy atom. The second-order valence-electron chi connectivity index (χ2n) is 5.93. The van der Waals surface area contributed by atoms with Crippen molar-refractivity contribution in [2.24, 2.45) is 0 Å². The Balaban J connectivity index is 1.77. The van der Waals surface area contributed by atoms with Crippen molar-refractivity contribution in [1.29, 1.82) is 0 Å². The average molecular weight is 327 g/mol. The lowest BCUT2D eigenvalue weighted by Crippen LogP contribution is -2.24. The average Bonchev–Trinajstić information content (AvgIpc) is 3.02. The normalized spacial score (nSPS) is 17.8. The van der Waals surface area contributed by atoms with Gasteiger partial charge in [-0.05, 0) is 44.0 Å². The Morgan fingerprint density at radius 2 is 2.17 bits per heavy atom. The fraction of sp³-hybridized carbons (Fsp3) is 0.368. The van der Waals surface area contributed by atoms with Crippen molar-refractivity contribution in [2.75, 3.05) is 24.6 Å². The van der Waals surface area contributed by atoms with Crippen LogP contribution in [0.15, 0.2) is 30.3 Å². The number of aromatic nitrogens is 2. The molecule has 0 N–H and O–H groups in total. The number of hydrogen-bond acceptors (Lipinski definition) is 4. The molecular weight excluding hydrogens is 305 g/mol. The Kier molecular flexibility index (Phi) is 5.20. The SMILES string of the molecule is CCOC1CCN(c2cc(C)nc(/C=C/c3cccc(F)c3)n2)C1. The molecule has 0 radical (unpaired) electrons. The van der Waals surface area contributed by atoms with Crippen LogP contribution in [0.5, 0.6) is 0 Å². The predicted molar refractivity (Wildman–Crippen MR) is 94.3 cm³/mol. The number of halogens is 1. The Hall–Kier alpha value is -2.27. The zero-order chi connectivity index (χ0) is 16.9. The summed E-state index contributed by atoms with van der Waals surface area (Å²) in [4.78, 5) is 11.3. The monoisotopic (exact) mass is 327 g/mol. The summed E-state index contributed by atoms with van der Waals surface area (Å²) in [6.07, 6.45) is 4.94. The number of anilines is 1. The Labute approximate surface area is 142 Å². The number of rotatable bonds is 5. The smallest absolute Gasteiger partial charge is 0.154 e. The number of benzene rings is 1.